The first-order valence-corrected chi connectivity index (χ1v) is 5.80. The molecule has 0 aliphatic carbocycles. The highest BCUT2D eigenvalue weighted by molar-refractivity contribution is 6.30. The average Bonchev–Trinajstić information content (AvgIpc) is 2.39. The zero-order valence-electron chi connectivity index (χ0n) is 9.57. The van der Waals surface area contributed by atoms with Crippen LogP contribution in [-0.2, 0) is 4.74 Å². The molecule has 6 heteroatoms. The largest absolute Gasteiger partial charge is 0.386 e. The summed E-state index contributed by atoms with van der Waals surface area (Å²) in [4.78, 5) is 18.0. The molecule has 1 aromatic heterocycles. The summed E-state index contributed by atoms with van der Waals surface area (Å²) in [5.74, 6) is -0.0886. The number of halogens is 1. The Balaban J connectivity index is 2.23. The van der Waals surface area contributed by atoms with Crippen LogP contribution in [0.3, 0.4) is 0 Å². The Bertz CT molecular complexity index is 419. The Morgan fingerprint density at radius 2 is 2.24 bits per heavy atom. The van der Waals surface area contributed by atoms with Gasteiger partial charge in [0.15, 0.2) is 5.69 Å². The van der Waals surface area contributed by atoms with Gasteiger partial charge in [0, 0.05) is 26.3 Å². The van der Waals surface area contributed by atoms with Crippen LogP contribution in [0.15, 0.2) is 12.3 Å². The summed E-state index contributed by atoms with van der Waals surface area (Å²) in [7, 11) is 1.74. The lowest BCUT2D eigenvalue weighted by Gasteiger charge is -2.27. The van der Waals surface area contributed by atoms with Crippen molar-refractivity contribution in [1.82, 2.24) is 9.88 Å². The Morgan fingerprint density at radius 1 is 1.53 bits per heavy atom. The highest BCUT2D eigenvalue weighted by Gasteiger charge is 2.22. The second-order valence-electron chi connectivity index (χ2n) is 3.70. The molecule has 5 nitrogen and oxygen atoms in total. The third-order valence-corrected chi connectivity index (χ3v) is 2.83. The van der Waals surface area contributed by atoms with Crippen molar-refractivity contribution in [2.45, 2.75) is 0 Å². The minimum atomic E-state index is -0.0886. The van der Waals surface area contributed by atoms with Gasteiger partial charge in [-0.2, -0.15) is 0 Å². The first-order valence-electron chi connectivity index (χ1n) is 5.42. The van der Waals surface area contributed by atoms with Crippen LogP contribution in [0.4, 0.5) is 5.69 Å². The van der Waals surface area contributed by atoms with Crippen molar-refractivity contribution in [1.29, 1.82) is 0 Å². The Labute approximate surface area is 105 Å². The number of morpholine rings is 1. The highest BCUT2D eigenvalue weighted by atomic mass is 35.5. The summed E-state index contributed by atoms with van der Waals surface area (Å²) >= 11 is 5.84. The number of pyridine rings is 1. The third-order valence-electron chi connectivity index (χ3n) is 2.62. The van der Waals surface area contributed by atoms with E-state index in [4.69, 9.17) is 16.3 Å². The van der Waals surface area contributed by atoms with Gasteiger partial charge in [-0.05, 0) is 6.07 Å². The van der Waals surface area contributed by atoms with Crippen molar-refractivity contribution in [3.63, 3.8) is 0 Å². The van der Waals surface area contributed by atoms with Crippen LogP contribution < -0.4 is 5.32 Å². The van der Waals surface area contributed by atoms with Crippen LogP contribution in [0.1, 0.15) is 10.5 Å². The van der Waals surface area contributed by atoms with E-state index in [9.17, 15) is 4.79 Å². The number of rotatable bonds is 2. The molecule has 2 heterocycles. The fourth-order valence-electron chi connectivity index (χ4n) is 1.72. The van der Waals surface area contributed by atoms with Crippen LogP contribution in [0.25, 0.3) is 0 Å². The van der Waals surface area contributed by atoms with Gasteiger partial charge in [0.2, 0.25) is 0 Å². The van der Waals surface area contributed by atoms with E-state index >= 15 is 0 Å². The summed E-state index contributed by atoms with van der Waals surface area (Å²) < 4.78 is 5.21. The third kappa shape index (κ3) is 2.68. The van der Waals surface area contributed by atoms with E-state index in [1.807, 2.05) is 0 Å². The monoisotopic (exact) mass is 255 g/mol. The molecule has 1 aliphatic rings. The summed E-state index contributed by atoms with van der Waals surface area (Å²) in [5, 5.41) is 3.44. The highest BCUT2D eigenvalue weighted by Crippen LogP contribution is 2.19. The number of nitrogens with zero attached hydrogens (tertiary/aromatic N) is 2. The SMILES string of the molecule is CNc1cc(Cl)cnc1C(=O)N1CCOCC1. The molecule has 0 aromatic carbocycles. The molecule has 1 fully saturated rings. The lowest BCUT2D eigenvalue weighted by Crippen LogP contribution is -2.41. The van der Waals surface area contributed by atoms with Crippen LogP contribution in [-0.4, -0.2) is 49.1 Å². The number of carbonyl (C=O) groups is 1. The first kappa shape index (κ1) is 12.1. The average molecular weight is 256 g/mol. The van der Waals surface area contributed by atoms with E-state index in [0.29, 0.717) is 42.7 Å². The minimum Gasteiger partial charge on any atom is -0.386 e. The molecule has 0 atom stereocenters. The van der Waals surface area contributed by atoms with E-state index in [1.165, 1.54) is 6.20 Å². The number of anilines is 1. The van der Waals surface area contributed by atoms with Crippen molar-refractivity contribution in [2.75, 3.05) is 38.7 Å². The number of carbonyl (C=O) groups excluding carboxylic acids is 1. The zero-order chi connectivity index (χ0) is 12.3. The molecule has 1 amide bonds. The van der Waals surface area contributed by atoms with E-state index in [-0.39, 0.29) is 5.91 Å². The van der Waals surface area contributed by atoms with Crippen molar-refractivity contribution in [3.8, 4) is 0 Å². The maximum atomic E-state index is 12.2. The van der Waals surface area contributed by atoms with E-state index in [1.54, 1.807) is 18.0 Å². The fourth-order valence-corrected chi connectivity index (χ4v) is 1.87. The van der Waals surface area contributed by atoms with Crippen LogP contribution in [0, 0.1) is 0 Å². The van der Waals surface area contributed by atoms with Gasteiger partial charge in [-0.3, -0.25) is 4.79 Å². The van der Waals surface area contributed by atoms with Crippen LogP contribution in [0.2, 0.25) is 5.02 Å². The van der Waals surface area contributed by atoms with Gasteiger partial charge in [0.05, 0.1) is 23.9 Å². The van der Waals surface area contributed by atoms with E-state index in [0.717, 1.165) is 0 Å². The standard InChI is InChI=1S/C11H14ClN3O2/c1-13-9-6-8(12)7-14-10(9)11(16)15-2-4-17-5-3-15/h6-7,13H,2-5H2,1H3. The molecule has 0 unspecified atom stereocenters. The quantitative estimate of drug-likeness (QED) is 0.864. The topological polar surface area (TPSA) is 54.5 Å². The van der Waals surface area contributed by atoms with Crippen LogP contribution >= 0.6 is 11.6 Å². The van der Waals surface area contributed by atoms with E-state index in [2.05, 4.69) is 10.3 Å². The Hall–Kier alpha value is -1.33. The number of amides is 1. The van der Waals surface area contributed by atoms with Gasteiger partial charge >= 0.3 is 0 Å². The lowest BCUT2D eigenvalue weighted by atomic mass is 10.2. The molecule has 1 N–H and O–H groups in total. The van der Waals surface area contributed by atoms with E-state index < -0.39 is 0 Å². The Kier molecular flexibility index (Phi) is 3.81. The van der Waals surface area contributed by atoms with Gasteiger partial charge in [0.1, 0.15) is 0 Å². The predicted molar refractivity (Wildman–Crippen MR) is 65.5 cm³/mol. The van der Waals surface area contributed by atoms with Crippen molar-refractivity contribution >= 4 is 23.2 Å². The van der Waals surface area contributed by atoms with Crippen molar-refractivity contribution in [3.05, 3.63) is 23.0 Å². The van der Waals surface area contributed by atoms with Gasteiger partial charge in [-0.1, -0.05) is 11.6 Å². The number of aromatic nitrogens is 1. The number of ether oxygens (including phenoxy) is 1. The van der Waals surface area contributed by atoms with Gasteiger partial charge in [0.25, 0.3) is 5.91 Å². The Morgan fingerprint density at radius 3 is 2.88 bits per heavy atom. The zero-order valence-corrected chi connectivity index (χ0v) is 10.3. The van der Waals surface area contributed by atoms with Crippen molar-refractivity contribution < 1.29 is 9.53 Å². The molecule has 0 radical (unpaired) electrons. The summed E-state index contributed by atoms with van der Waals surface area (Å²) in [6.07, 6.45) is 1.48. The molecule has 0 spiro atoms. The first-order chi connectivity index (χ1) is 8.22. The van der Waals surface area contributed by atoms with Crippen LogP contribution in [0.5, 0.6) is 0 Å². The number of hydrogen-bond donors (Lipinski definition) is 1. The second kappa shape index (κ2) is 5.33. The predicted octanol–water partition coefficient (Wildman–Crippen LogP) is 1.25. The fraction of sp³-hybridized carbons (Fsp3) is 0.455. The molecule has 0 bridgehead atoms. The molecule has 92 valence electrons. The molecule has 17 heavy (non-hydrogen) atoms. The second-order valence-corrected chi connectivity index (χ2v) is 4.14. The number of hydrogen-bond acceptors (Lipinski definition) is 4. The summed E-state index contributed by atoms with van der Waals surface area (Å²) in [5.41, 5.74) is 1.05. The maximum absolute atomic E-state index is 12.2. The molecular formula is C11H14ClN3O2. The normalized spacial score (nSPS) is 15.8. The molecular weight excluding hydrogens is 242 g/mol. The molecule has 1 saturated heterocycles. The van der Waals surface area contributed by atoms with Gasteiger partial charge in [-0.15, -0.1) is 0 Å². The molecule has 2 rings (SSSR count). The minimum absolute atomic E-state index is 0.0886. The van der Waals surface area contributed by atoms with Gasteiger partial charge < -0.3 is 15.0 Å². The number of nitrogens with one attached hydrogen (secondary N) is 1. The summed E-state index contributed by atoms with van der Waals surface area (Å²) in [6, 6.07) is 1.70. The molecule has 0 saturated carbocycles. The maximum Gasteiger partial charge on any atom is 0.274 e. The summed E-state index contributed by atoms with van der Waals surface area (Å²) in [6.45, 7) is 2.36. The lowest BCUT2D eigenvalue weighted by molar-refractivity contribution is 0.0299. The molecule has 1 aromatic rings. The van der Waals surface area contributed by atoms with Gasteiger partial charge in [-0.25, -0.2) is 4.98 Å². The smallest absolute Gasteiger partial charge is 0.274 e. The van der Waals surface area contributed by atoms with Crippen molar-refractivity contribution in [2.24, 2.45) is 0 Å². The molecule has 1 aliphatic heterocycles.